The third-order valence-electron chi connectivity index (χ3n) is 7.79. The highest BCUT2D eigenvalue weighted by Gasteiger charge is 2.48. The van der Waals surface area contributed by atoms with Crippen molar-refractivity contribution in [2.75, 3.05) is 41.7 Å². The molecule has 0 unspecified atom stereocenters. The summed E-state index contributed by atoms with van der Waals surface area (Å²) < 4.78 is 31.8. The van der Waals surface area contributed by atoms with E-state index in [1.54, 1.807) is 48.6 Å². The molecule has 4 aliphatic heterocycles. The van der Waals surface area contributed by atoms with Crippen LogP contribution in [-0.4, -0.2) is 65.5 Å². The predicted molar refractivity (Wildman–Crippen MR) is 161 cm³/mol. The summed E-state index contributed by atoms with van der Waals surface area (Å²) in [5.41, 5.74) is -1.26. The lowest BCUT2D eigenvalue weighted by molar-refractivity contribution is -0.171. The lowest BCUT2D eigenvalue weighted by Gasteiger charge is -2.27. The molecule has 10 nitrogen and oxygen atoms in total. The van der Waals surface area contributed by atoms with Crippen LogP contribution in [0.3, 0.4) is 0 Å². The van der Waals surface area contributed by atoms with Crippen LogP contribution in [0.2, 0.25) is 0 Å². The van der Waals surface area contributed by atoms with Gasteiger partial charge in [-0.05, 0) is 73.9 Å². The molecule has 0 N–H and O–H groups in total. The molecule has 44 heavy (non-hydrogen) atoms. The third-order valence-corrected chi connectivity index (χ3v) is 7.79. The molecular formula is C34H40O10. The Balaban J connectivity index is 1.91. The molecule has 2 aromatic carbocycles. The van der Waals surface area contributed by atoms with Crippen molar-refractivity contribution in [3.63, 3.8) is 0 Å². The van der Waals surface area contributed by atoms with E-state index in [1.807, 2.05) is 24.3 Å². The number of carbonyl (C=O) groups excluding carboxylic acids is 4. The van der Waals surface area contributed by atoms with Crippen molar-refractivity contribution in [1.29, 1.82) is 0 Å². The van der Waals surface area contributed by atoms with Crippen LogP contribution in [0.15, 0.2) is 72.8 Å². The highest BCUT2D eigenvalue weighted by Crippen LogP contribution is 2.34. The number of hydrogen-bond acceptors (Lipinski definition) is 10. The van der Waals surface area contributed by atoms with E-state index in [0.29, 0.717) is 24.3 Å². The SMILES string of the molecule is COC(=O)C1(C(=O)OC)C/C=C/COc2ccc(cc2)CCC(C(=O)OC)(C(=O)OC)C/C=C/COc2ccc(cc2)CC1. The minimum absolute atomic E-state index is 0.0737. The van der Waals surface area contributed by atoms with Gasteiger partial charge in [0.05, 0.1) is 28.4 Å². The molecule has 4 bridgehead atoms. The van der Waals surface area contributed by atoms with E-state index in [-0.39, 0.29) is 38.9 Å². The Morgan fingerprint density at radius 3 is 1.14 bits per heavy atom. The van der Waals surface area contributed by atoms with E-state index in [4.69, 9.17) is 28.4 Å². The molecular weight excluding hydrogens is 568 g/mol. The van der Waals surface area contributed by atoms with Crippen LogP contribution in [0.5, 0.6) is 11.5 Å². The first-order valence-corrected chi connectivity index (χ1v) is 14.3. The molecule has 0 radical (unpaired) electrons. The van der Waals surface area contributed by atoms with E-state index in [2.05, 4.69) is 0 Å². The summed E-state index contributed by atoms with van der Waals surface area (Å²) in [6, 6.07) is 14.6. The highest BCUT2D eigenvalue weighted by molar-refractivity contribution is 6.00. The zero-order valence-electron chi connectivity index (χ0n) is 25.7. The molecule has 0 saturated heterocycles. The van der Waals surface area contributed by atoms with Crippen LogP contribution in [0.25, 0.3) is 0 Å². The number of methoxy groups -OCH3 is 4. The summed E-state index contributed by atoms with van der Waals surface area (Å²) in [5, 5.41) is 0. The van der Waals surface area contributed by atoms with Crippen molar-refractivity contribution in [1.82, 2.24) is 0 Å². The molecule has 10 heteroatoms. The Morgan fingerprint density at radius 2 is 0.841 bits per heavy atom. The number of ether oxygens (including phenoxy) is 6. The Bertz CT molecular complexity index is 1190. The molecule has 0 saturated carbocycles. The molecule has 0 aliphatic carbocycles. The summed E-state index contributed by atoms with van der Waals surface area (Å²) >= 11 is 0. The summed E-state index contributed by atoms with van der Waals surface area (Å²) in [7, 11) is 5.00. The number of rotatable bonds is 4. The van der Waals surface area contributed by atoms with Gasteiger partial charge in [0.25, 0.3) is 0 Å². The van der Waals surface area contributed by atoms with Gasteiger partial charge in [0.15, 0.2) is 10.8 Å². The zero-order valence-corrected chi connectivity index (χ0v) is 25.7. The molecule has 0 amide bonds. The normalized spacial score (nSPS) is 18.3. The van der Waals surface area contributed by atoms with Crippen molar-refractivity contribution in [3.05, 3.63) is 84.0 Å². The standard InChI is InChI=1S/C34H40O10/c1-39-29(35)33(30(36)40-2)19-5-7-23-43-28-15-11-26(12-16-28)18-22-34(31(37)41-3,32(38)42-4)20-6-8-24-44-27-13-9-25(10-14-27)17-21-33/h5-16H,17-24H2,1-4H3/b7-5+,8-6+. The fourth-order valence-corrected chi connectivity index (χ4v) is 5.11. The van der Waals surface area contributed by atoms with Gasteiger partial charge in [-0.25, -0.2) is 0 Å². The van der Waals surface area contributed by atoms with Crippen LogP contribution in [0, 0.1) is 10.8 Å². The van der Waals surface area contributed by atoms with Gasteiger partial charge in [0.1, 0.15) is 24.7 Å². The van der Waals surface area contributed by atoms with Crippen molar-refractivity contribution in [2.24, 2.45) is 10.8 Å². The number of allylic oxidation sites excluding steroid dienone is 2. The molecule has 0 spiro atoms. The van der Waals surface area contributed by atoms with Crippen molar-refractivity contribution in [2.45, 2.75) is 38.5 Å². The van der Waals surface area contributed by atoms with Crippen molar-refractivity contribution < 1.29 is 47.6 Å². The van der Waals surface area contributed by atoms with Crippen LogP contribution >= 0.6 is 0 Å². The minimum Gasteiger partial charge on any atom is -0.490 e. The van der Waals surface area contributed by atoms with E-state index in [1.165, 1.54) is 28.4 Å². The lowest BCUT2D eigenvalue weighted by atomic mass is 9.78. The molecule has 4 heterocycles. The summed E-state index contributed by atoms with van der Waals surface area (Å²) in [6.07, 6.45) is 8.19. The van der Waals surface area contributed by atoms with Gasteiger partial charge in [-0.1, -0.05) is 48.6 Å². The summed E-state index contributed by atoms with van der Waals surface area (Å²) in [5.74, 6) is -1.47. The molecule has 0 aromatic heterocycles. The Labute approximate surface area is 257 Å². The quantitative estimate of drug-likeness (QED) is 0.211. The summed E-state index contributed by atoms with van der Waals surface area (Å²) in [6.45, 7) is 0.388. The molecule has 4 aliphatic rings. The topological polar surface area (TPSA) is 124 Å². The second-order valence-corrected chi connectivity index (χ2v) is 10.4. The first-order valence-electron chi connectivity index (χ1n) is 14.3. The smallest absolute Gasteiger partial charge is 0.323 e. The highest BCUT2D eigenvalue weighted by atomic mass is 16.6. The molecule has 6 rings (SSSR count). The van der Waals surface area contributed by atoms with Crippen LogP contribution in [-0.2, 0) is 51.0 Å². The van der Waals surface area contributed by atoms with Gasteiger partial charge in [-0.2, -0.15) is 0 Å². The largest absolute Gasteiger partial charge is 0.490 e. The zero-order chi connectivity index (χ0) is 32.0. The number of benzene rings is 2. The molecule has 0 atom stereocenters. The van der Waals surface area contributed by atoms with Gasteiger partial charge in [-0.15, -0.1) is 0 Å². The average Bonchev–Trinajstić information content (AvgIpc) is 3.06. The van der Waals surface area contributed by atoms with E-state index < -0.39 is 34.7 Å². The monoisotopic (exact) mass is 608 g/mol. The Hall–Kier alpha value is -4.60. The molecule has 2 aromatic rings. The van der Waals surface area contributed by atoms with Gasteiger partial charge < -0.3 is 28.4 Å². The van der Waals surface area contributed by atoms with Crippen molar-refractivity contribution >= 4 is 23.9 Å². The van der Waals surface area contributed by atoms with E-state index >= 15 is 0 Å². The minimum atomic E-state index is -1.51. The fourth-order valence-electron chi connectivity index (χ4n) is 5.11. The maximum absolute atomic E-state index is 12.9. The maximum atomic E-state index is 12.9. The van der Waals surface area contributed by atoms with E-state index in [0.717, 1.165) is 11.1 Å². The van der Waals surface area contributed by atoms with E-state index in [9.17, 15) is 19.2 Å². The average molecular weight is 609 g/mol. The number of esters is 4. The number of aryl methyl sites for hydroxylation is 2. The van der Waals surface area contributed by atoms with Crippen LogP contribution in [0.1, 0.15) is 36.8 Å². The first-order chi connectivity index (χ1) is 21.2. The second-order valence-electron chi connectivity index (χ2n) is 10.4. The second kappa shape index (κ2) is 16.3. The van der Waals surface area contributed by atoms with Gasteiger partial charge in [0.2, 0.25) is 0 Å². The van der Waals surface area contributed by atoms with Gasteiger partial charge in [0, 0.05) is 0 Å². The predicted octanol–water partition coefficient (Wildman–Crippen LogP) is 4.58. The third kappa shape index (κ3) is 8.27. The van der Waals surface area contributed by atoms with Gasteiger partial charge >= 0.3 is 23.9 Å². The lowest BCUT2D eigenvalue weighted by Crippen LogP contribution is -2.41. The Kier molecular flexibility index (Phi) is 12.6. The van der Waals surface area contributed by atoms with Crippen LogP contribution < -0.4 is 9.47 Å². The number of carbonyl (C=O) groups is 4. The van der Waals surface area contributed by atoms with Crippen molar-refractivity contribution in [3.8, 4) is 11.5 Å². The Morgan fingerprint density at radius 1 is 0.523 bits per heavy atom. The molecule has 0 fully saturated rings. The number of hydrogen-bond donors (Lipinski definition) is 0. The maximum Gasteiger partial charge on any atom is 0.323 e. The summed E-state index contributed by atoms with van der Waals surface area (Å²) in [4.78, 5) is 51.7. The fraction of sp³-hybridized carbons (Fsp3) is 0.412. The first kappa shape index (κ1) is 33.9. The van der Waals surface area contributed by atoms with Crippen LogP contribution in [0.4, 0.5) is 0 Å². The molecule has 236 valence electrons. The van der Waals surface area contributed by atoms with Gasteiger partial charge in [-0.3, -0.25) is 19.2 Å².